The van der Waals surface area contributed by atoms with Gasteiger partial charge >= 0.3 is 7.12 Å². The zero-order valence-electron chi connectivity index (χ0n) is 19.5. The van der Waals surface area contributed by atoms with Crippen LogP contribution in [0.15, 0.2) is 60.7 Å². The van der Waals surface area contributed by atoms with Gasteiger partial charge in [-0.2, -0.15) is 0 Å². The summed E-state index contributed by atoms with van der Waals surface area (Å²) in [6.45, 7) is 13.0. The van der Waals surface area contributed by atoms with Crippen LogP contribution in [0.5, 0.6) is 11.5 Å². The van der Waals surface area contributed by atoms with E-state index in [1.54, 1.807) is 0 Å². The lowest BCUT2D eigenvalue weighted by molar-refractivity contribution is 0.00578. The summed E-state index contributed by atoms with van der Waals surface area (Å²) in [5.41, 5.74) is 5.99. The molecule has 1 saturated heterocycles. The lowest BCUT2D eigenvalue weighted by Crippen LogP contribution is -2.41. The third kappa shape index (κ3) is 2.52. The maximum absolute atomic E-state index is 6.36. The first kappa shape index (κ1) is 19.9. The van der Waals surface area contributed by atoms with Gasteiger partial charge in [0.25, 0.3) is 0 Å². The Morgan fingerprint density at radius 3 is 2.12 bits per heavy atom. The van der Waals surface area contributed by atoms with E-state index < -0.39 is 0 Å². The smallest absolute Gasteiger partial charge is 0.453 e. The fourth-order valence-corrected chi connectivity index (χ4v) is 5.08. The first-order chi connectivity index (χ1) is 15.1. The van der Waals surface area contributed by atoms with Gasteiger partial charge in [0.05, 0.1) is 28.3 Å². The highest BCUT2D eigenvalue weighted by atomic mass is 16.7. The second-order valence-corrected chi connectivity index (χ2v) is 10.5. The van der Waals surface area contributed by atoms with Gasteiger partial charge in [0, 0.05) is 5.41 Å². The van der Waals surface area contributed by atoms with E-state index in [1.165, 1.54) is 16.8 Å². The fourth-order valence-electron chi connectivity index (χ4n) is 5.08. The Hall–Kier alpha value is -2.76. The van der Waals surface area contributed by atoms with Crippen LogP contribution in [0.3, 0.4) is 0 Å². The van der Waals surface area contributed by atoms with Crippen molar-refractivity contribution in [2.45, 2.75) is 58.2 Å². The Morgan fingerprint density at radius 2 is 1.38 bits per heavy atom. The van der Waals surface area contributed by atoms with Crippen molar-refractivity contribution in [3.8, 4) is 11.5 Å². The Balaban J connectivity index is 1.55. The molecule has 32 heavy (non-hydrogen) atoms. The minimum atomic E-state index is -0.384. The van der Waals surface area contributed by atoms with Gasteiger partial charge in [0.15, 0.2) is 11.5 Å². The van der Waals surface area contributed by atoms with Gasteiger partial charge in [-0.25, -0.2) is 0 Å². The molecule has 0 aromatic heterocycles. The van der Waals surface area contributed by atoms with Crippen molar-refractivity contribution < 1.29 is 14.0 Å². The minimum Gasteiger partial charge on any atom is -0.453 e. The second-order valence-electron chi connectivity index (χ2n) is 10.5. The summed E-state index contributed by atoms with van der Waals surface area (Å²) in [7, 11) is -0.384. The van der Waals surface area contributed by atoms with Crippen molar-refractivity contribution in [3.63, 3.8) is 0 Å². The number of rotatable bonds is 1. The van der Waals surface area contributed by atoms with Crippen molar-refractivity contribution in [2.75, 3.05) is 4.90 Å². The predicted molar refractivity (Wildman–Crippen MR) is 129 cm³/mol. The topological polar surface area (TPSA) is 30.9 Å². The van der Waals surface area contributed by atoms with Crippen LogP contribution in [0.1, 0.15) is 52.7 Å². The molecule has 0 amide bonds. The van der Waals surface area contributed by atoms with Crippen LogP contribution in [-0.2, 0) is 14.7 Å². The molecule has 3 aromatic rings. The normalized spacial score (nSPS) is 20.8. The van der Waals surface area contributed by atoms with Crippen LogP contribution in [0.25, 0.3) is 0 Å². The number of nitrogens with zero attached hydrogens (tertiary/aromatic N) is 1. The predicted octanol–water partition coefficient (Wildman–Crippen LogP) is 6.20. The Morgan fingerprint density at radius 1 is 0.688 bits per heavy atom. The molecule has 0 N–H and O–H groups in total. The van der Waals surface area contributed by atoms with E-state index >= 15 is 0 Å². The Kier molecular flexibility index (Phi) is 3.84. The summed E-state index contributed by atoms with van der Waals surface area (Å²) in [6.07, 6.45) is 0. The van der Waals surface area contributed by atoms with Gasteiger partial charge in [-0.3, -0.25) is 0 Å². The zero-order valence-corrected chi connectivity index (χ0v) is 19.5. The number of anilines is 3. The molecular formula is C27H28BNO3. The highest BCUT2D eigenvalue weighted by Crippen LogP contribution is 2.59. The Bertz CT molecular complexity index is 1250. The molecule has 1 fully saturated rings. The van der Waals surface area contributed by atoms with E-state index in [0.29, 0.717) is 0 Å². The summed E-state index contributed by atoms with van der Waals surface area (Å²) < 4.78 is 19.0. The maximum atomic E-state index is 6.36. The van der Waals surface area contributed by atoms with Gasteiger partial charge < -0.3 is 18.9 Å². The number of para-hydroxylation sites is 3. The van der Waals surface area contributed by atoms with Gasteiger partial charge in [-0.15, -0.1) is 0 Å². The van der Waals surface area contributed by atoms with E-state index in [-0.39, 0.29) is 23.7 Å². The molecular weight excluding hydrogens is 397 g/mol. The summed E-state index contributed by atoms with van der Waals surface area (Å²) in [5.74, 6) is 1.77. The van der Waals surface area contributed by atoms with Crippen molar-refractivity contribution in [2.24, 2.45) is 0 Å². The van der Waals surface area contributed by atoms with Crippen LogP contribution in [0.4, 0.5) is 17.1 Å². The molecule has 3 aromatic carbocycles. The molecule has 4 nitrogen and oxygen atoms in total. The molecule has 0 atom stereocenters. The lowest BCUT2D eigenvalue weighted by atomic mass is 9.69. The third-order valence-corrected chi connectivity index (χ3v) is 7.68. The average molecular weight is 425 g/mol. The standard InChI is InChI=1S/C27H28BNO3/c1-25(2)18-10-9-13-23-24(18)29(21-11-7-8-12-22(21)30-23)20-15-14-17(16-19(20)25)28-31-26(3,4)27(5,6)32-28/h7-16H,1-6H3. The Labute approximate surface area is 190 Å². The van der Waals surface area contributed by atoms with E-state index in [9.17, 15) is 0 Å². The lowest BCUT2D eigenvalue weighted by Gasteiger charge is -2.45. The van der Waals surface area contributed by atoms with Gasteiger partial charge in [0.2, 0.25) is 0 Å². The van der Waals surface area contributed by atoms with Crippen LogP contribution >= 0.6 is 0 Å². The first-order valence-corrected chi connectivity index (χ1v) is 11.3. The summed E-state index contributed by atoms with van der Waals surface area (Å²) in [6, 6.07) is 21.2. The highest BCUT2D eigenvalue weighted by Gasteiger charge is 2.52. The molecule has 0 bridgehead atoms. The van der Waals surface area contributed by atoms with Crippen molar-refractivity contribution in [1.82, 2.24) is 0 Å². The number of hydrogen-bond acceptors (Lipinski definition) is 4. The van der Waals surface area contributed by atoms with E-state index in [0.717, 1.165) is 28.3 Å². The quantitative estimate of drug-likeness (QED) is 0.340. The van der Waals surface area contributed by atoms with Gasteiger partial charge in [-0.1, -0.05) is 50.2 Å². The summed E-state index contributed by atoms with van der Waals surface area (Å²) >= 11 is 0. The molecule has 3 aliphatic heterocycles. The van der Waals surface area contributed by atoms with E-state index in [1.807, 2.05) is 12.1 Å². The molecule has 0 unspecified atom stereocenters. The first-order valence-electron chi connectivity index (χ1n) is 11.3. The summed E-state index contributed by atoms with van der Waals surface area (Å²) in [5, 5.41) is 0. The van der Waals surface area contributed by atoms with Gasteiger partial charge in [-0.05, 0) is 68.6 Å². The molecule has 5 heteroatoms. The summed E-state index contributed by atoms with van der Waals surface area (Å²) in [4.78, 5) is 2.35. The molecule has 3 aliphatic rings. The monoisotopic (exact) mass is 425 g/mol. The van der Waals surface area contributed by atoms with Crippen LogP contribution in [0, 0.1) is 0 Å². The average Bonchev–Trinajstić information content (AvgIpc) is 2.97. The van der Waals surface area contributed by atoms with E-state index in [2.05, 4.69) is 95.0 Å². The molecule has 3 heterocycles. The van der Waals surface area contributed by atoms with Crippen molar-refractivity contribution in [1.29, 1.82) is 0 Å². The number of fused-ring (bicyclic) bond motifs is 4. The second kappa shape index (κ2) is 6.18. The zero-order chi connectivity index (χ0) is 22.5. The maximum Gasteiger partial charge on any atom is 0.494 e. The minimum absolute atomic E-state index is 0.202. The van der Waals surface area contributed by atoms with Crippen molar-refractivity contribution in [3.05, 3.63) is 71.8 Å². The number of ether oxygens (including phenoxy) is 1. The van der Waals surface area contributed by atoms with Crippen LogP contribution in [0.2, 0.25) is 0 Å². The fraction of sp³-hybridized carbons (Fsp3) is 0.333. The molecule has 0 aliphatic carbocycles. The number of hydrogen-bond donors (Lipinski definition) is 0. The molecule has 0 saturated carbocycles. The van der Waals surface area contributed by atoms with Crippen LogP contribution in [-0.4, -0.2) is 18.3 Å². The highest BCUT2D eigenvalue weighted by molar-refractivity contribution is 6.62. The molecule has 6 rings (SSSR count). The molecule has 0 radical (unpaired) electrons. The van der Waals surface area contributed by atoms with Gasteiger partial charge in [0.1, 0.15) is 0 Å². The SMILES string of the molecule is CC1(C)c2cc(B3OC(C)(C)C(C)(C)O3)ccc2N2c3ccccc3Oc3cccc1c32. The van der Waals surface area contributed by atoms with Crippen LogP contribution < -0.4 is 15.1 Å². The van der Waals surface area contributed by atoms with E-state index in [4.69, 9.17) is 14.0 Å². The molecule has 162 valence electrons. The molecule has 0 spiro atoms. The number of benzene rings is 3. The third-order valence-electron chi connectivity index (χ3n) is 7.68. The largest absolute Gasteiger partial charge is 0.494 e. The van der Waals surface area contributed by atoms with Crippen molar-refractivity contribution >= 4 is 29.6 Å².